The second-order valence-electron chi connectivity index (χ2n) is 17.7. The van der Waals surface area contributed by atoms with Gasteiger partial charge in [0, 0.05) is 80.8 Å². The first-order valence-electron chi connectivity index (χ1n) is 23.0. The second kappa shape index (κ2) is 19.9. The van der Waals surface area contributed by atoms with E-state index in [1.165, 1.54) is 64.3 Å². The highest BCUT2D eigenvalue weighted by molar-refractivity contribution is 7.17. The van der Waals surface area contributed by atoms with E-state index in [1.807, 2.05) is 0 Å². The monoisotopic (exact) mass is 878 g/mol. The molecule has 326 valence electrons. The number of rotatable bonds is 9. The number of aromatic nitrogens is 4. The van der Waals surface area contributed by atoms with E-state index in [0.29, 0.717) is 5.92 Å². The van der Waals surface area contributed by atoms with Crippen LogP contribution in [0.4, 0.5) is 11.6 Å². The van der Waals surface area contributed by atoms with Gasteiger partial charge < -0.3 is 24.5 Å². The second-order valence-corrected chi connectivity index (χ2v) is 19.4. The summed E-state index contributed by atoms with van der Waals surface area (Å²) in [6.45, 7) is 11.3. The highest BCUT2D eigenvalue weighted by atomic mass is 32.1. The van der Waals surface area contributed by atoms with Gasteiger partial charge in [-0.3, -0.25) is 4.90 Å². The number of ether oxygens (including phenoxy) is 1. The Morgan fingerprint density at radius 3 is 1.56 bits per heavy atom. The predicted molar refractivity (Wildman–Crippen MR) is 259 cm³/mol. The molecule has 0 aliphatic carbocycles. The molecular formula is C51H58N8O2S2. The van der Waals surface area contributed by atoms with Crippen LogP contribution in [0.5, 0.6) is 0 Å². The molecule has 12 heteroatoms. The first-order chi connectivity index (χ1) is 31.1. The van der Waals surface area contributed by atoms with E-state index in [4.69, 9.17) is 14.7 Å². The van der Waals surface area contributed by atoms with Gasteiger partial charge in [-0.1, -0.05) is 91.0 Å². The highest BCUT2D eigenvalue weighted by Crippen LogP contribution is 2.40. The van der Waals surface area contributed by atoms with Gasteiger partial charge in [0.1, 0.15) is 34.0 Å². The van der Waals surface area contributed by atoms with Crippen LogP contribution in [-0.4, -0.2) is 113 Å². The summed E-state index contributed by atoms with van der Waals surface area (Å²) in [6.07, 6.45) is 10.4. The Morgan fingerprint density at radius 2 is 1.05 bits per heavy atom. The molecule has 2 unspecified atom stereocenters. The fourth-order valence-corrected chi connectivity index (χ4v) is 12.0. The molecule has 0 spiro atoms. The molecule has 0 amide bonds. The normalized spacial score (nSPS) is 20.8. The average Bonchev–Trinajstić information content (AvgIpc) is 3.99. The summed E-state index contributed by atoms with van der Waals surface area (Å²) in [7, 11) is 0. The van der Waals surface area contributed by atoms with Crippen molar-refractivity contribution < 1.29 is 9.84 Å². The van der Waals surface area contributed by atoms with Crippen LogP contribution >= 0.6 is 22.7 Å². The van der Waals surface area contributed by atoms with Gasteiger partial charge in [-0.2, -0.15) is 0 Å². The molecule has 4 aromatic heterocycles. The number of piperidine rings is 3. The summed E-state index contributed by atoms with van der Waals surface area (Å²) >= 11 is 3.42. The lowest BCUT2D eigenvalue weighted by molar-refractivity contribution is -0.0354. The minimum atomic E-state index is -0.131. The van der Waals surface area contributed by atoms with Gasteiger partial charge in [-0.25, -0.2) is 19.9 Å². The average molecular weight is 879 g/mol. The molecule has 11 rings (SSSR count). The minimum Gasteiger partial charge on any atom is -0.392 e. The maximum absolute atomic E-state index is 9.94. The summed E-state index contributed by atoms with van der Waals surface area (Å²) in [6, 6.07) is 31.8. The fourth-order valence-electron chi connectivity index (χ4n) is 10.2. The number of aliphatic hydroxyl groups excluding tert-OH is 1. The van der Waals surface area contributed by atoms with Gasteiger partial charge in [-0.05, 0) is 73.6 Å². The zero-order valence-corrected chi connectivity index (χ0v) is 37.7. The summed E-state index contributed by atoms with van der Waals surface area (Å²) in [5.41, 5.74) is 6.25. The molecule has 0 radical (unpaired) electrons. The van der Waals surface area contributed by atoms with Crippen molar-refractivity contribution in [2.24, 2.45) is 11.8 Å². The van der Waals surface area contributed by atoms with Gasteiger partial charge in [0.25, 0.3) is 0 Å². The third kappa shape index (κ3) is 9.82. The smallest absolute Gasteiger partial charge is 0.141 e. The molecular weight excluding hydrogens is 821 g/mol. The Hall–Kier alpha value is -4.82. The third-order valence-electron chi connectivity index (χ3n) is 13.5. The predicted octanol–water partition coefficient (Wildman–Crippen LogP) is 9.68. The van der Waals surface area contributed by atoms with E-state index in [1.54, 1.807) is 35.3 Å². The molecule has 8 heterocycles. The molecule has 4 saturated heterocycles. The van der Waals surface area contributed by atoms with Crippen molar-refractivity contribution in [3.8, 4) is 22.3 Å². The fraction of sp³-hybridized carbons (Fsp3) is 0.412. The Labute approximate surface area is 379 Å². The van der Waals surface area contributed by atoms with Crippen LogP contribution in [0.3, 0.4) is 0 Å². The maximum Gasteiger partial charge on any atom is 0.141 e. The van der Waals surface area contributed by atoms with Crippen LogP contribution in [0.2, 0.25) is 0 Å². The summed E-state index contributed by atoms with van der Waals surface area (Å²) < 4.78 is 6.08. The van der Waals surface area contributed by atoms with Gasteiger partial charge in [0.05, 0.1) is 29.6 Å². The number of anilines is 2. The van der Waals surface area contributed by atoms with Crippen molar-refractivity contribution in [2.75, 3.05) is 81.9 Å². The number of morpholine rings is 1. The molecule has 7 aromatic rings. The van der Waals surface area contributed by atoms with Crippen LogP contribution in [0.25, 0.3) is 42.7 Å². The number of β-amino-alcohol motifs (C(OH)–C–C–N with tert-alkyl or cyclic N) is 1. The van der Waals surface area contributed by atoms with Gasteiger partial charge in [-0.15, -0.1) is 22.7 Å². The number of likely N-dealkylation sites (tertiary alicyclic amines) is 1. The van der Waals surface area contributed by atoms with Gasteiger partial charge >= 0.3 is 0 Å². The minimum absolute atomic E-state index is 0.131. The van der Waals surface area contributed by atoms with E-state index in [2.05, 4.69) is 131 Å². The quantitative estimate of drug-likeness (QED) is 0.151. The Balaban J connectivity index is 0.000000152. The Bertz CT molecular complexity index is 2520. The SMILES string of the molecule is OC1CCCN(CC2CCN(c3ncnc4scc(-c5ccccc5)c34)CC2)C1.c1ccc(-c2csc3ncnc(N4CCC(CN5CCOC(c6ccccc6)C5)CC4)c23)cc1. The number of hydrogen-bond acceptors (Lipinski definition) is 12. The largest absolute Gasteiger partial charge is 0.392 e. The molecule has 10 nitrogen and oxygen atoms in total. The first kappa shape index (κ1) is 42.1. The lowest BCUT2D eigenvalue weighted by Gasteiger charge is -2.38. The molecule has 1 N–H and O–H groups in total. The van der Waals surface area contributed by atoms with E-state index in [9.17, 15) is 5.11 Å². The van der Waals surface area contributed by atoms with Crippen LogP contribution in [0.1, 0.15) is 50.2 Å². The van der Waals surface area contributed by atoms with E-state index >= 15 is 0 Å². The molecule has 0 saturated carbocycles. The molecule has 4 aliphatic heterocycles. The summed E-state index contributed by atoms with van der Waals surface area (Å²) in [5, 5.41) is 16.8. The third-order valence-corrected chi connectivity index (χ3v) is 15.3. The van der Waals surface area contributed by atoms with Crippen LogP contribution < -0.4 is 9.80 Å². The topological polar surface area (TPSA) is 94.0 Å². The Kier molecular flexibility index (Phi) is 13.3. The van der Waals surface area contributed by atoms with Crippen molar-refractivity contribution in [3.05, 3.63) is 120 Å². The number of nitrogens with zero attached hydrogens (tertiary/aromatic N) is 8. The summed E-state index contributed by atoms with van der Waals surface area (Å²) in [5.74, 6) is 3.62. The van der Waals surface area contributed by atoms with Crippen LogP contribution in [-0.2, 0) is 4.74 Å². The number of fused-ring (bicyclic) bond motifs is 2. The van der Waals surface area contributed by atoms with Crippen molar-refractivity contribution in [1.82, 2.24) is 29.7 Å². The molecule has 0 bridgehead atoms. The van der Waals surface area contributed by atoms with E-state index < -0.39 is 0 Å². The molecule has 63 heavy (non-hydrogen) atoms. The van der Waals surface area contributed by atoms with Crippen molar-refractivity contribution in [2.45, 2.75) is 50.7 Å². The molecule has 3 aromatic carbocycles. The van der Waals surface area contributed by atoms with E-state index in [-0.39, 0.29) is 12.2 Å². The molecule has 2 atom stereocenters. The lowest BCUT2D eigenvalue weighted by atomic mass is 9.94. The maximum atomic E-state index is 9.94. The van der Waals surface area contributed by atoms with Crippen molar-refractivity contribution >= 4 is 54.7 Å². The Morgan fingerprint density at radius 1 is 0.556 bits per heavy atom. The number of benzene rings is 3. The highest BCUT2D eigenvalue weighted by Gasteiger charge is 2.29. The molecule has 4 fully saturated rings. The van der Waals surface area contributed by atoms with Crippen LogP contribution in [0.15, 0.2) is 114 Å². The summed E-state index contributed by atoms with van der Waals surface area (Å²) in [4.78, 5) is 30.7. The number of thiophene rings is 2. The van der Waals surface area contributed by atoms with Gasteiger partial charge in [0.15, 0.2) is 0 Å². The van der Waals surface area contributed by atoms with Crippen molar-refractivity contribution in [1.29, 1.82) is 0 Å². The van der Waals surface area contributed by atoms with E-state index in [0.717, 1.165) is 112 Å². The zero-order chi connectivity index (χ0) is 42.4. The number of aliphatic hydroxyl groups is 1. The van der Waals surface area contributed by atoms with Crippen LogP contribution in [0, 0.1) is 11.8 Å². The number of hydrogen-bond donors (Lipinski definition) is 1. The van der Waals surface area contributed by atoms with Gasteiger partial charge in [0.2, 0.25) is 0 Å². The zero-order valence-electron chi connectivity index (χ0n) is 36.0. The standard InChI is InChI=1S/C28H30N4OS.C23H28N4OS/c1-3-7-22(8-4-1)24-19-34-28-26(24)27(29-20-30-28)32-13-11-21(12-14-32)17-31-15-16-33-25(18-31)23-9-5-2-6-10-23;28-19-7-4-10-26(14-19)13-17-8-11-27(12-9-17)22-21-20(18-5-2-1-3-6-18)15-29-23(21)25-16-24-22/h1-10,19-21,25H,11-18H2;1-3,5-6,15-17,19,28H,4,7-14H2. The lowest BCUT2D eigenvalue weighted by Crippen LogP contribution is -2.44. The van der Waals surface area contributed by atoms with Crippen molar-refractivity contribution in [3.63, 3.8) is 0 Å². The molecule has 4 aliphatic rings. The first-order valence-corrected chi connectivity index (χ1v) is 24.7.